The third-order valence-corrected chi connectivity index (χ3v) is 9.85. The first-order valence-corrected chi connectivity index (χ1v) is 20.8. The Kier molecular flexibility index (Phi) is 31.6. The lowest BCUT2D eigenvalue weighted by Gasteiger charge is -2.25. The summed E-state index contributed by atoms with van der Waals surface area (Å²) in [6.07, 6.45) is 42.8. The van der Waals surface area contributed by atoms with Gasteiger partial charge in [-0.3, -0.25) is 4.79 Å². The highest BCUT2D eigenvalue weighted by Crippen LogP contribution is 2.21. The van der Waals surface area contributed by atoms with Crippen LogP contribution < -0.4 is 0 Å². The summed E-state index contributed by atoms with van der Waals surface area (Å²) >= 11 is 0. The van der Waals surface area contributed by atoms with E-state index in [1.54, 1.807) is 0 Å². The van der Waals surface area contributed by atoms with Gasteiger partial charge in [-0.05, 0) is 19.8 Å². The first-order chi connectivity index (χ1) is 22.7. The fraction of sp³-hybridized carbons (Fsp3) is 0.929. The molecule has 0 saturated heterocycles. The molecule has 4 nitrogen and oxygen atoms in total. The number of hydrogen-bond acceptors (Lipinski definition) is 4. The Hall–Kier alpha value is -1.03. The molecular formula is C42H80O4. The highest BCUT2D eigenvalue weighted by atomic mass is 16.6. The molecule has 1 atom stereocenters. The molecule has 0 aromatic carbocycles. The summed E-state index contributed by atoms with van der Waals surface area (Å²) in [5, 5.41) is 0. The van der Waals surface area contributed by atoms with Crippen LogP contribution in [-0.2, 0) is 19.0 Å². The summed E-state index contributed by atoms with van der Waals surface area (Å²) in [6, 6.07) is 0. The van der Waals surface area contributed by atoms with E-state index < -0.39 is 6.10 Å². The standard InChI is InChI=1S/C42H80O4/c1-4-6-8-10-12-14-16-18-20-22-24-26-28-30-32-34-36-44-40-38-46-39(3)42(41(40)43)45-37-35-33-31-29-27-25-23-21-19-17-15-13-11-9-7-5-2/h40H,4-38H2,1-3H3. The van der Waals surface area contributed by atoms with Crippen molar-refractivity contribution < 1.29 is 19.0 Å². The van der Waals surface area contributed by atoms with Gasteiger partial charge < -0.3 is 14.2 Å². The van der Waals surface area contributed by atoms with E-state index in [1.165, 1.54) is 193 Å². The van der Waals surface area contributed by atoms with Gasteiger partial charge in [0, 0.05) is 6.61 Å². The number of ketones is 1. The number of carbonyl (C=O) groups excluding carboxylic acids is 1. The predicted molar refractivity (Wildman–Crippen MR) is 198 cm³/mol. The Morgan fingerprint density at radius 3 is 1.13 bits per heavy atom. The van der Waals surface area contributed by atoms with Crippen molar-refractivity contribution >= 4 is 5.78 Å². The lowest BCUT2D eigenvalue weighted by Crippen LogP contribution is -2.36. The van der Waals surface area contributed by atoms with E-state index in [0.717, 1.165) is 12.8 Å². The van der Waals surface area contributed by atoms with Crippen molar-refractivity contribution in [1.29, 1.82) is 0 Å². The zero-order valence-corrected chi connectivity index (χ0v) is 31.5. The van der Waals surface area contributed by atoms with Crippen LogP contribution in [0.1, 0.15) is 226 Å². The predicted octanol–water partition coefficient (Wildman–Crippen LogP) is 13.7. The summed E-state index contributed by atoms with van der Waals surface area (Å²) in [7, 11) is 0. The summed E-state index contributed by atoms with van der Waals surface area (Å²) < 4.78 is 17.6. The van der Waals surface area contributed by atoms with E-state index in [1.807, 2.05) is 6.92 Å². The molecule has 0 aromatic rings. The van der Waals surface area contributed by atoms with Crippen LogP contribution in [0, 0.1) is 0 Å². The Balaban J connectivity index is 1.91. The van der Waals surface area contributed by atoms with Crippen molar-refractivity contribution in [2.45, 2.75) is 232 Å². The van der Waals surface area contributed by atoms with Crippen LogP contribution in [0.4, 0.5) is 0 Å². The smallest absolute Gasteiger partial charge is 0.233 e. The average Bonchev–Trinajstić information content (AvgIpc) is 3.06. The first-order valence-electron chi connectivity index (χ1n) is 20.8. The molecule has 0 amide bonds. The van der Waals surface area contributed by atoms with Crippen molar-refractivity contribution in [1.82, 2.24) is 0 Å². The number of ether oxygens (including phenoxy) is 3. The van der Waals surface area contributed by atoms with Crippen molar-refractivity contribution in [2.75, 3.05) is 19.8 Å². The summed E-state index contributed by atoms with van der Waals surface area (Å²) in [5.41, 5.74) is 0. The number of Topliss-reactive ketones (excluding diaryl/α,β-unsaturated/α-hetero) is 1. The molecule has 1 unspecified atom stereocenters. The zero-order valence-electron chi connectivity index (χ0n) is 31.5. The van der Waals surface area contributed by atoms with Gasteiger partial charge in [0.15, 0.2) is 6.10 Å². The van der Waals surface area contributed by atoms with Crippen LogP contribution >= 0.6 is 0 Å². The second kappa shape index (κ2) is 33.9. The normalized spacial score (nSPS) is 15.1. The Bertz CT molecular complexity index is 687. The summed E-state index contributed by atoms with van der Waals surface area (Å²) in [5.74, 6) is 0.977. The van der Waals surface area contributed by atoms with Gasteiger partial charge in [0.2, 0.25) is 11.5 Å². The Labute approximate surface area is 288 Å². The van der Waals surface area contributed by atoms with Crippen molar-refractivity contribution in [2.24, 2.45) is 0 Å². The minimum atomic E-state index is -0.513. The van der Waals surface area contributed by atoms with Gasteiger partial charge >= 0.3 is 0 Å². The zero-order chi connectivity index (χ0) is 33.2. The van der Waals surface area contributed by atoms with Crippen LogP contribution in [0.15, 0.2) is 11.5 Å². The van der Waals surface area contributed by atoms with E-state index in [-0.39, 0.29) is 5.78 Å². The third-order valence-electron chi connectivity index (χ3n) is 9.85. The van der Waals surface area contributed by atoms with E-state index in [2.05, 4.69) is 13.8 Å². The van der Waals surface area contributed by atoms with Gasteiger partial charge in [0.1, 0.15) is 12.4 Å². The highest BCUT2D eigenvalue weighted by Gasteiger charge is 2.31. The number of carbonyl (C=O) groups is 1. The molecule has 0 aromatic heterocycles. The molecule has 1 aliphatic rings. The van der Waals surface area contributed by atoms with E-state index in [9.17, 15) is 4.79 Å². The molecule has 272 valence electrons. The molecule has 0 radical (unpaired) electrons. The SMILES string of the molecule is CCCCCCCCCCCCCCCCCCOC1=C(C)OCC(OCCCCCCCCCCCCCCCCCC)C1=O. The maximum Gasteiger partial charge on any atom is 0.233 e. The number of rotatable bonds is 36. The molecule has 0 saturated carbocycles. The largest absolute Gasteiger partial charge is 0.491 e. The molecule has 0 fully saturated rings. The topological polar surface area (TPSA) is 44.8 Å². The first kappa shape index (κ1) is 43.0. The third kappa shape index (κ3) is 26.0. The summed E-state index contributed by atoms with van der Waals surface area (Å²) in [6.45, 7) is 7.95. The van der Waals surface area contributed by atoms with Crippen molar-refractivity contribution in [3.8, 4) is 0 Å². The molecule has 0 N–H and O–H groups in total. The van der Waals surface area contributed by atoms with E-state index in [4.69, 9.17) is 14.2 Å². The maximum absolute atomic E-state index is 13.0. The molecule has 1 rings (SSSR count). The van der Waals surface area contributed by atoms with Gasteiger partial charge in [0.05, 0.1) is 6.61 Å². The molecule has 0 bridgehead atoms. The van der Waals surface area contributed by atoms with E-state index >= 15 is 0 Å². The monoisotopic (exact) mass is 649 g/mol. The lowest BCUT2D eigenvalue weighted by atomic mass is 10.0. The fourth-order valence-corrected chi connectivity index (χ4v) is 6.66. The Morgan fingerprint density at radius 2 is 0.783 bits per heavy atom. The Morgan fingerprint density at radius 1 is 0.478 bits per heavy atom. The van der Waals surface area contributed by atoms with Gasteiger partial charge in [0.25, 0.3) is 0 Å². The van der Waals surface area contributed by atoms with Gasteiger partial charge in [-0.2, -0.15) is 0 Å². The molecule has 0 spiro atoms. The second-order valence-corrected chi connectivity index (χ2v) is 14.4. The number of hydrogen-bond donors (Lipinski definition) is 0. The average molecular weight is 649 g/mol. The molecular weight excluding hydrogens is 568 g/mol. The van der Waals surface area contributed by atoms with Crippen LogP contribution in [-0.4, -0.2) is 31.7 Å². The molecule has 4 heteroatoms. The van der Waals surface area contributed by atoms with Crippen LogP contribution in [0.25, 0.3) is 0 Å². The number of allylic oxidation sites excluding steroid dienone is 1. The quantitative estimate of drug-likeness (QED) is 0.0634. The van der Waals surface area contributed by atoms with Crippen LogP contribution in [0.5, 0.6) is 0 Å². The minimum Gasteiger partial charge on any atom is -0.491 e. The van der Waals surface area contributed by atoms with Crippen LogP contribution in [0.2, 0.25) is 0 Å². The summed E-state index contributed by atoms with van der Waals surface area (Å²) in [4.78, 5) is 13.0. The fourth-order valence-electron chi connectivity index (χ4n) is 6.66. The molecule has 46 heavy (non-hydrogen) atoms. The van der Waals surface area contributed by atoms with Gasteiger partial charge in [-0.1, -0.05) is 206 Å². The molecule has 1 aliphatic heterocycles. The lowest BCUT2D eigenvalue weighted by molar-refractivity contribution is -0.137. The molecule has 1 heterocycles. The van der Waals surface area contributed by atoms with Crippen LogP contribution in [0.3, 0.4) is 0 Å². The molecule has 0 aliphatic carbocycles. The van der Waals surface area contributed by atoms with Gasteiger partial charge in [-0.15, -0.1) is 0 Å². The maximum atomic E-state index is 13.0. The van der Waals surface area contributed by atoms with E-state index in [0.29, 0.717) is 31.3 Å². The minimum absolute atomic E-state index is 0.0308. The van der Waals surface area contributed by atoms with Gasteiger partial charge in [-0.25, -0.2) is 0 Å². The van der Waals surface area contributed by atoms with Crippen molar-refractivity contribution in [3.63, 3.8) is 0 Å². The van der Waals surface area contributed by atoms with Crippen molar-refractivity contribution in [3.05, 3.63) is 11.5 Å². The number of unbranched alkanes of at least 4 members (excludes halogenated alkanes) is 30. The highest BCUT2D eigenvalue weighted by molar-refractivity contribution is 5.98. The second-order valence-electron chi connectivity index (χ2n) is 14.4.